The fourth-order valence-electron chi connectivity index (χ4n) is 5.00. The predicted molar refractivity (Wildman–Crippen MR) is 64.6 cm³/mol. The van der Waals surface area contributed by atoms with Crippen LogP contribution in [-0.4, -0.2) is 0 Å². The normalized spacial score (nSPS) is 51.5. The van der Waals surface area contributed by atoms with E-state index in [1.807, 2.05) is 5.57 Å². The number of hydrogen-bond acceptors (Lipinski definition) is 0. The second-order valence-corrected chi connectivity index (χ2v) is 7.39. The Morgan fingerprint density at radius 3 is 2.67 bits per heavy atom. The first-order chi connectivity index (χ1) is 6.91. The van der Waals surface area contributed by atoms with E-state index in [1.54, 1.807) is 0 Å². The zero-order chi connectivity index (χ0) is 10.8. The SMILES string of the molecule is C[C@@H]1CC[C@@]2(C)C[C@@H]3CC(C)(C)C=C3[C@@H]12. The smallest absolute Gasteiger partial charge is 0.0120 e. The Labute approximate surface area is 94.1 Å². The van der Waals surface area contributed by atoms with Crippen LogP contribution in [0, 0.1) is 28.6 Å². The average Bonchev–Trinajstić information content (AvgIpc) is 2.59. The molecule has 84 valence electrons. The molecule has 0 radical (unpaired) electrons. The number of allylic oxidation sites excluding steroid dienone is 2. The molecule has 0 spiro atoms. The molecule has 0 aromatic heterocycles. The molecule has 0 heteroatoms. The van der Waals surface area contributed by atoms with Crippen molar-refractivity contribution in [2.24, 2.45) is 28.6 Å². The van der Waals surface area contributed by atoms with Gasteiger partial charge >= 0.3 is 0 Å². The van der Waals surface area contributed by atoms with Gasteiger partial charge in [-0.05, 0) is 54.3 Å². The molecule has 0 saturated heterocycles. The maximum atomic E-state index is 2.63. The summed E-state index contributed by atoms with van der Waals surface area (Å²) in [5.74, 6) is 2.82. The molecule has 0 N–H and O–H groups in total. The van der Waals surface area contributed by atoms with Gasteiger partial charge in [0.2, 0.25) is 0 Å². The molecule has 15 heavy (non-hydrogen) atoms. The van der Waals surface area contributed by atoms with E-state index in [0.717, 1.165) is 17.8 Å². The Hall–Kier alpha value is -0.260. The van der Waals surface area contributed by atoms with Crippen molar-refractivity contribution in [3.05, 3.63) is 11.6 Å². The molecule has 0 aliphatic heterocycles. The molecule has 0 nitrogen and oxygen atoms in total. The van der Waals surface area contributed by atoms with Gasteiger partial charge in [-0.3, -0.25) is 0 Å². The molecular formula is C15H24. The van der Waals surface area contributed by atoms with Gasteiger partial charge in [0.1, 0.15) is 0 Å². The lowest BCUT2D eigenvalue weighted by atomic mass is 9.77. The third-order valence-electron chi connectivity index (χ3n) is 5.36. The minimum atomic E-state index is 0.490. The number of fused-ring (bicyclic) bond motifs is 3. The van der Waals surface area contributed by atoms with Crippen LogP contribution in [0.5, 0.6) is 0 Å². The summed E-state index contributed by atoms with van der Waals surface area (Å²) in [4.78, 5) is 0. The monoisotopic (exact) mass is 204 g/mol. The van der Waals surface area contributed by atoms with Gasteiger partial charge in [0.05, 0.1) is 0 Å². The highest BCUT2D eigenvalue weighted by molar-refractivity contribution is 5.31. The largest absolute Gasteiger partial charge is 0.0790 e. The van der Waals surface area contributed by atoms with Crippen molar-refractivity contribution in [2.75, 3.05) is 0 Å². The summed E-state index contributed by atoms with van der Waals surface area (Å²) < 4.78 is 0. The Balaban J connectivity index is 2.00. The van der Waals surface area contributed by atoms with E-state index in [0.29, 0.717) is 10.8 Å². The Morgan fingerprint density at radius 2 is 1.93 bits per heavy atom. The molecule has 0 unspecified atom stereocenters. The van der Waals surface area contributed by atoms with Crippen LogP contribution in [0.2, 0.25) is 0 Å². The molecule has 4 atom stereocenters. The van der Waals surface area contributed by atoms with Crippen LogP contribution in [0.3, 0.4) is 0 Å². The third-order valence-corrected chi connectivity index (χ3v) is 5.36. The zero-order valence-corrected chi connectivity index (χ0v) is 10.6. The highest BCUT2D eigenvalue weighted by Gasteiger charge is 2.55. The minimum absolute atomic E-state index is 0.490. The second kappa shape index (κ2) is 2.70. The second-order valence-electron chi connectivity index (χ2n) is 7.39. The van der Waals surface area contributed by atoms with Gasteiger partial charge in [0, 0.05) is 0 Å². The number of hydrogen-bond donors (Lipinski definition) is 0. The van der Waals surface area contributed by atoms with Crippen molar-refractivity contribution < 1.29 is 0 Å². The summed E-state index contributed by atoms with van der Waals surface area (Å²) in [7, 11) is 0. The molecule has 0 heterocycles. The van der Waals surface area contributed by atoms with E-state index in [9.17, 15) is 0 Å². The van der Waals surface area contributed by atoms with Crippen LogP contribution >= 0.6 is 0 Å². The maximum absolute atomic E-state index is 2.63. The molecule has 3 rings (SSSR count). The van der Waals surface area contributed by atoms with Crippen LogP contribution in [0.4, 0.5) is 0 Å². The van der Waals surface area contributed by atoms with Crippen molar-refractivity contribution in [1.29, 1.82) is 0 Å². The van der Waals surface area contributed by atoms with Crippen LogP contribution in [0.1, 0.15) is 53.4 Å². The number of rotatable bonds is 0. The quantitative estimate of drug-likeness (QED) is 0.513. The fourth-order valence-corrected chi connectivity index (χ4v) is 5.00. The molecule has 0 amide bonds. The molecule has 2 fully saturated rings. The molecule has 0 aromatic carbocycles. The topological polar surface area (TPSA) is 0 Å². The first-order valence-corrected chi connectivity index (χ1v) is 6.64. The summed E-state index contributed by atoms with van der Waals surface area (Å²) in [6.45, 7) is 9.85. The van der Waals surface area contributed by atoms with E-state index < -0.39 is 0 Å². The van der Waals surface area contributed by atoms with Crippen molar-refractivity contribution in [3.8, 4) is 0 Å². The predicted octanol–water partition coefficient (Wildman–Crippen LogP) is 4.42. The van der Waals surface area contributed by atoms with E-state index >= 15 is 0 Å². The van der Waals surface area contributed by atoms with Crippen molar-refractivity contribution in [3.63, 3.8) is 0 Å². The Kier molecular flexibility index (Phi) is 1.79. The lowest BCUT2D eigenvalue weighted by molar-refractivity contribution is 0.246. The Morgan fingerprint density at radius 1 is 1.20 bits per heavy atom. The van der Waals surface area contributed by atoms with Crippen LogP contribution in [0.25, 0.3) is 0 Å². The summed E-state index contributed by atoms with van der Waals surface area (Å²) in [6.07, 6.45) is 8.48. The molecular weight excluding hydrogens is 180 g/mol. The summed E-state index contributed by atoms with van der Waals surface area (Å²) >= 11 is 0. The van der Waals surface area contributed by atoms with Gasteiger partial charge in [0.15, 0.2) is 0 Å². The zero-order valence-electron chi connectivity index (χ0n) is 10.6. The van der Waals surface area contributed by atoms with Crippen LogP contribution in [0.15, 0.2) is 11.6 Å². The van der Waals surface area contributed by atoms with E-state index in [1.165, 1.54) is 25.7 Å². The molecule has 0 aromatic rings. The summed E-state index contributed by atoms with van der Waals surface area (Å²) in [5.41, 5.74) is 3.02. The van der Waals surface area contributed by atoms with Gasteiger partial charge in [0.25, 0.3) is 0 Å². The lowest BCUT2D eigenvalue weighted by Gasteiger charge is -2.27. The highest BCUT2D eigenvalue weighted by atomic mass is 14.6. The van der Waals surface area contributed by atoms with Gasteiger partial charge in [-0.25, -0.2) is 0 Å². The highest BCUT2D eigenvalue weighted by Crippen LogP contribution is 2.65. The van der Waals surface area contributed by atoms with Gasteiger partial charge in [-0.2, -0.15) is 0 Å². The Bertz CT molecular complexity index is 323. The van der Waals surface area contributed by atoms with Crippen molar-refractivity contribution in [1.82, 2.24) is 0 Å². The maximum Gasteiger partial charge on any atom is -0.0120 e. The first kappa shape index (κ1) is 9.93. The van der Waals surface area contributed by atoms with Crippen LogP contribution < -0.4 is 0 Å². The third kappa shape index (κ3) is 1.26. The average molecular weight is 204 g/mol. The van der Waals surface area contributed by atoms with E-state index in [2.05, 4.69) is 33.8 Å². The first-order valence-electron chi connectivity index (χ1n) is 6.64. The molecule has 3 aliphatic carbocycles. The summed E-state index contributed by atoms with van der Waals surface area (Å²) in [6, 6.07) is 0. The fraction of sp³-hybridized carbons (Fsp3) is 0.867. The van der Waals surface area contributed by atoms with Crippen LogP contribution in [-0.2, 0) is 0 Å². The lowest BCUT2D eigenvalue weighted by Crippen LogP contribution is -2.19. The molecule has 0 bridgehead atoms. The minimum Gasteiger partial charge on any atom is -0.0790 e. The standard InChI is InChI=1S/C15H24/c1-10-5-6-15(4)8-11-7-14(2,3)9-12(11)13(10)15/h9-11,13H,5-8H2,1-4H3/t10-,11+,13-,15+/m1/s1. The van der Waals surface area contributed by atoms with E-state index in [4.69, 9.17) is 0 Å². The molecule has 2 saturated carbocycles. The van der Waals surface area contributed by atoms with Crippen molar-refractivity contribution in [2.45, 2.75) is 53.4 Å². The van der Waals surface area contributed by atoms with E-state index in [-0.39, 0.29) is 0 Å². The summed E-state index contributed by atoms with van der Waals surface area (Å²) in [5, 5.41) is 0. The van der Waals surface area contributed by atoms with Gasteiger partial charge < -0.3 is 0 Å². The van der Waals surface area contributed by atoms with Gasteiger partial charge in [-0.15, -0.1) is 0 Å². The molecule has 3 aliphatic rings. The van der Waals surface area contributed by atoms with Crippen molar-refractivity contribution >= 4 is 0 Å². The van der Waals surface area contributed by atoms with Gasteiger partial charge in [-0.1, -0.05) is 39.3 Å².